The fourth-order valence-corrected chi connectivity index (χ4v) is 5.66. The summed E-state index contributed by atoms with van der Waals surface area (Å²) in [6, 6.07) is 0. The molecule has 1 N–H and O–H groups in total. The van der Waals surface area contributed by atoms with Crippen LogP contribution in [-0.4, -0.2) is 53.5 Å². The largest absolute Gasteiger partial charge is 0.425 e. The summed E-state index contributed by atoms with van der Waals surface area (Å²) in [4.78, 5) is 40.7. The fourth-order valence-electron chi connectivity index (χ4n) is 5.66. The first kappa shape index (κ1) is 23.3. The van der Waals surface area contributed by atoms with Crippen LogP contribution < -0.4 is 5.32 Å². The zero-order chi connectivity index (χ0) is 23.3. The highest BCUT2D eigenvalue weighted by Gasteiger charge is 2.71. The van der Waals surface area contributed by atoms with E-state index in [-0.39, 0.29) is 31.2 Å². The van der Waals surface area contributed by atoms with E-state index in [1.165, 1.54) is 0 Å². The zero-order valence-corrected chi connectivity index (χ0v) is 18.6. The fraction of sp³-hybridized carbons (Fsp3) is 0.783. The van der Waals surface area contributed by atoms with Crippen molar-refractivity contribution >= 4 is 17.6 Å². The summed E-state index contributed by atoms with van der Waals surface area (Å²) in [5.41, 5.74) is -4.40. The zero-order valence-electron chi connectivity index (χ0n) is 18.6. The molecule has 0 radical (unpaired) electrons. The Bertz CT molecular complexity index is 839. The van der Waals surface area contributed by atoms with Crippen molar-refractivity contribution in [2.75, 3.05) is 13.2 Å². The maximum Gasteiger partial charge on any atom is 0.425 e. The molecule has 0 bridgehead atoms. The number of amides is 2. The molecular weight excluding hydrogens is 425 g/mol. The molecule has 9 heteroatoms. The number of carbonyl (C=O) groups excluding carboxylic acids is 3. The van der Waals surface area contributed by atoms with Crippen LogP contribution in [0, 0.1) is 11.3 Å². The van der Waals surface area contributed by atoms with Crippen LogP contribution >= 0.6 is 0 Å². The van der Waals surface area contributed by atoms with Gasteiger partial charge in [-0.05, 0) is 37.5 Å². The molecule has 4 rings (SSSR count). The molecule has 2 atom stereocenters. The molecule has 0 aromatic carbocycles. The molecule has 1 saturated carbocycles. The molecule has 2 aliphatic carbocycles. The van der Waals surface area contributed by atoms with Gasteiger partial charge >= 0.3 is 6.18 Å². The molecule has 0 aromatic rings. The van der Waals surface area contributed by atoms with Gasteiger partial charge < -0.3 is 15.0 Å². The van der Waals surface area contributed by atoms with Crippen LogP contribution in [0.15, 0.2) is 11.3 Å². The third-order valence-electron chi connectivity index (χ3n) is 7.24. The van der Waals surface area contributed by atoms with Gasteiger partial charge in [0.25, 0.3) is 5.91 Å². The maximum atomic E-state index is 14.7. The van der Waals surface area contributed by atoms with E-state index in [2.05, 4.69) is 5.32 Å². The van der Waals surface area contributed by atoms with Gasteiger partial charge in [0.2, 0.25) is 11.4 Å². The van der Waals surface area contributed by atoms with E-state index in [1.807, 2.05) is 0 Å². The van der Waals surface area contributed by atoms with Gasteiger partial charge in [-0.1, -0.05) is 33.1 Å². The van der Waals surface area contributed by atoms with Crippen molar-refractivity contribution in [1.29, 1.82) is 0 Å². The number of nitrogens with one attached hydrogen (secondary N) is 1. The van der Waals surface area contributed by atoms with E-state index in [0.717, 1.165) is 30.6 Å². The number of ketones is 1. The molecule has 2 aliphatic heterocycles. The van der Waals surface area contributed by atoms with E-state index in [0.29, 0.717) is 25.9 Å². The first-order valence-electron chi connectivity index (χ1n) is 11.6. The second-order valence-electron chi connectivity index (χ2n) is 10.4. The summed E-state index contributed by atoms with van der Waals surface area (Å²) in [6.45, 7) is 4.05. The number of alkyl halides is 3. The summed E-state index contributed by atoms with van der Waals surface area (Å²) in [5, 5.41) is 2.09. The average molecular weight is 457 g/mol. The Hall–Kier alpha value is -1.90. The summed E-state index contributed by atoms with van der Waals surface area (Å²) < 4.78 is 49.8. The molecular formula is C23H31F3N2O4. The van der Waals surface area contributed by atoms with Crippen LogP contribution in [0.25, 0.3) is 0 Å². The maximum absolute atomic E-state index is 14.7. The Morgan fingerprint density at radius 2 is 1.78 bits per heavy atom. The SMILES string of the molecule is CC1(C)CC(=O)C2=C(C1)N(C[C@H]1CCCO1)C(=O)[C@@]2(NC(=O)C1CCCCC1)C(F)(F)F. The van der Waals surface area contributed by atoms with Gasteiger partial charge in [0.05, 0.1) is 18.2 Å². The van der Waals surface area contributed by atoms with Crippen molar-refractivity contribution in [2.24, 2.45) is 11.3 Å². The van der Waals surface area contributed by atoms with Crippen molar-refractivity contribution in [3.8, 4) is 0 Å². The molecule has 0 aromatic heterocycles. The summed E-state index contributed by atoms with van der Waals surface area (Å²) >= 11 is 0. The van der Waals surface area contributed by atoms with E-state index >= 15 is 0 Å². The summed E-state index contributed by atoms with van der Waals surface area (Å²) in [7, 11) is 0. The smallest absolute Gasteiger partial charge is 0.376 e. The molecule has 178 valence electrons. The van der Waals surface area contributed by atoms with E-state index in [9.17, 15) is 27.6 Å². The predicted molar refractivity (Wildman–Crippen MR) is 109 cm³/mol. The molecule has 2 fully saturated rings. The average Bonchev–Trinajstić information content (AvgIpc) is 3.29. The number of hydrogen-bond donors (Lipinski definition) is 1. The second kappa shape index (κ2) is 8.15. The van der Waals surface area contributed by atoms with Crippen LogP contribution in [0.2, 0.25) is 0 Å². The van der Waals surface area contributed by atoms with E-state index in [4.69, 9.17) is 4.74 Å². The third kappa shape index (κ3) is 3.86. The van der Waals surface area contributed by atoms with Crippen molar-refractivity contribution in [3.05, 3.63) is 11.3 Å². The molecule has 1 saturated heterocycles. The van der Waals surface area contributed by atoms with Crippen LogP contribution in [0.1, 0.15) is 71.6 Å². The molecule has 0 spiro atoms. The Kier molecular flexibility index (Phi) is 5.92. The number of Topliss-reactive ketones (excluding diaryl/α,β-unsaturated/α-hetero) is 1. The predicted octanol–water partition coefficient (Wildman–Crippen LogP) is 3.65. The number of carbonyl (C=O) groups is 3. The van der Waals surface area contributed by atoms with Crippen molar-refractivity contribution in [2.45, 2.75) is 89.5 Å². The quantitative estimate of drug-likeness (QED) is 0.701. The molecule has 2 amide bonds. The number of hydrogen-bond acceptors (Lipinski definition) is 4. The second-order valence-corrected chi connectivity index (χ2v) is 10.4. The van der Waals surface area contributed by atoms with Crippen molar-refractivity contribution < 1.29 is 32.3 Å². The van der Waals surface area contributed by atoms with Crippen LogP contribution in [0.5, 0.6) is 0 Å². The molecule has 2 heterocycles. The van der Waals surface area contributed by atoms with Gasteiger partial charge in [-0.3, -0.25) is 14.4 Å². The molecule has 6 nitrogen and oxygen atoms in total. The number of ether oxygens (including phenoxy) is 1. The third-order valence-corrected chi connectivity index (χ3v) is 7.24. The Labute approximate surface area is 185 Å². The van der Waals surface area contributed by atoms with Gasteiger partial charge in [0.1, 0.15) is 0 Å². The molecule has 32 heavy (non-hydrogen) atoms. The Morgan fingerprint density at radius 3 is 2.38 bits per heavy atom. The summed E-state index contributed by atoms with van der Waals surface area (Å²) in [5.74, 6) is -3.37. The van der Waals surface area contributed by atoms with E-state index < -0.39 is 46.2 Å². The van der Waals surface area contributed by atoms with Crippen LogP contribution in [0.3, 0.4) is 0 Å². The number of allylic oxidation sites excluding steroid dienone is 1. The highest BCUT2D eigenvalue weighted by Crippen LogP contribution is 2.52. The number of halogens is 3. The number of rotatable bonds is 4. The van der Waals surface area contributed by atoms with Crippen LogP contribution in [-0.2, 0) is 19.1 Å². The first-order chi connectivity index (χ1) is 15.0. The first-order valence-corrected chi connectivity index (χ1v) is 11.6. The highest BCUT2D eigenvalue weighted by atomic mass is 19.4. The Morgan fingerprint density at radius 1 is 1.09 bits per heavy atom. The van der Waals surface area contributed by atoms with Gasteiger partial charge in [-0.15, -0.1) is 0 Å². The minimum absolute atomic E-state index is 0.0435. The minimum Gasteiger partial charge on any atom is -0.376 e. The Balaban J connectivity index is 1.78. The minimum atomic E-state index is -5.14. The molecule has 0 unspecified atom stereocenters. The van der Waals surface area contributed by atoms with Gasteiger partial charge in [-0.25, -0.2) is 0 Å². The highest BCUT2D eigenvalue weighted by molar-refractivity contribution is 6.13. The lowest BCUT2D eigenvalue weighted by molar-refractivity contribution is -0.195. The lowest BCUT2D eigenvalue weighted by Gasteiger charge is -2.36. The lowest BCUT2D eigenvalue weighted by atomic mass is 9.72. The monoisotopic (exact) mass is 456 g/mol. The van der Waals surface area contributed by atoms with Crippen molar-refractivity contribution in [3.63, 3.8) is 0 Å². The number of nitrogens with zero attached hydrogens (tertiary/aromatic N) is 1. The summed E-state index contributed by atoms with van der Waals surface area (Å²) in [6.07, 6.45) is -0.639. The molecule has 4 aliphatic rings. The lowest BCUT2D eigenvalue weighted by Crippen LogP contribution is -2.67. The van der Waals surface area contributed by atoms with Gasteiger partial charge in [0, 0.05) is 24.6 Å². The van der Waals surface area contributed by atoms with E-state index in [1.54, 1.807) is 13.8 Å². The van der Waals surface area contributed by atoms with Gasteiger partial charge in [-0.2, -0.15) is 13.2 Å². The van der Waals surface area contributed by atoms with Crippen LogP contribution in [0.4, 0.5) is 13.2 Å². The normalized spacial score (nSPS) is 31.3. The topological polar surface area (TPSA) is 75.7 Å². The standard InChI is InChI=1S/C23H31F3N2O4/c1-21(2)11-16-18(17(29)12-21)22(23(24,25)26,27-19(30)14-7-4-3-5-8-14)20(31)28(16)13-15-9-6-10-32-15/h14-15H,3-13H2,1-2H3,(H,27,30)/t15-,22-/m1/s1. The van der Waals surface area contributed by atoms with Gasteiger partial charge in [0.15, 0.2) is 5.78 Å². The van der Waals surface area contributed by atoms with Crippen molar-refractivity contribution in [1.82, 2.24) is 10.2 Å².